The number of halogens is 7. The average Bonchev–Trinajstić information content (AvgIpc) is 3.67. The molecule has 1 aliphatic heterocycles. The SMILES string of the molecule is N#CCC(CN1CCN(C(=O)c2ccc(C(F)(F)F)cc2F)CC1)n1cc(-c2ncnc3[nH]ccc23)cn1.O=C(O)C(F)(F)F. The first-order chi connectivity index (χ1) is 21.2. The zero-order valence-electron chi connectivity index (χ0n) is 23.0. The predicted molar refractivity (Wildman–Crippen MR) is 142 cm³/mol. The van der Waals surface area contributed by atoms with Gasteiger partial charge in [-0.25, -0.2) is 19.2 Å². The van der Waals surface area contributed by atoms with Crippen LogP contribution in [0.2, 0.25) is 0 Å². The third-order valence-electron chi connectivity index (χ3n) is 6.83. The number of carbonyl (C=O) groups excluding carboxylic acids is 1. The number of amides is 1. The molecule has 3 aromatic heterocycles. The molecular formula is C27H23F7N8O3. The van der Waals surface area contributed by atoms with Crippen molar-refractivity contribution in [3.05, 3.63) is 66.1 Å². The molecule has 4 aromatic rings. The zero-order chi connectivity index (χ0) is 32.9. The Hall–Kier alpha value is -5.05. The van der Waals surface area contributed by atoms with Crippen molar-refractivity contribution >= 4 is 22.9 Å². The smallest absolute Gasteiger partial charge is 0.475 e. The van der Waals surface area contributed by atoms with Gasteiger partial charge in [0.25, 0.3) is 5.91 Å². The second-order valence-corrected chi connectivity index (χ2v) is 9.78. The lowest BCUT2D eigenvalue weighted by Gasteiger charge is -2.36. The van der Waals surface area contributed by atoms with E-state index in [1.807, 2.05) is 12.3 Å². The van der Waals surface area contributed by atoms with Crippen molar-refractivity contribution in [3.8, 4) is 17.3 Å². The van der Waals surface area contributed by atoms with Gasteiger partial charge in [-0.3, -0.25) is 14.4 Å². The van der Waals surface area contributed by atoms with Crippen molar-refractivity contribution in [2.45, 2.75) is 24.8 Å². The topological polar surface area (TPSA) is 144 Å². The highest BCUT2D eigenvalue weighted by Crippen LogP contribution is 2.31. The second-order valence-electron chi connectivity index (χ2n) is 9.78. The summed E-state index contributed by atoms with van der Waals surface area (Å²) in [7, 11) is 0. The van der Waals surface area contributed by atoms with Gasteiger partial charge < -0.3 is 15.0 Å². The van der Waals surface area contributed by atoms with Crippen LogP contribution in [0.3, 0.4) is 0 Å². The van der Waals surface area contributed by atoms with E-state index in [9.17, 15) is 40.8 Å². The lowest BCUT2D eigenvalue weighted by molar-refractivity contribution is -0.192. The summed E-state index contributed by atoms with van der Waals surface area (Å²) in [5.74, 6) is -4.61. The van der Waals surface area contributed by atoms with Crippen LogP contribution in [0, 0.1) is 17.1 Å². The van der Waals surface area contributed by atoms with Crippen LogP contribution in [0.15, 0.2) is 49.2 Å². The summed E-state index contributed by atoms with van der Waals surface area (Å²) in [5, 5.41) is 21.9. The van der Waals surface area contributed by atoms with Crippen LogP contribution in [0.1, 0.15) is 28.4 Å². The number of carboxylic acid groups (broad SMARTS) is 1. The first-order valence-corrected chi connectivity index (χ1v) is 13.1. The Morgan fingerprint density at radius 2 is 1.76 bits per heavy atom. The Morgan fingerprint density at radius 3 is 2.36 bits per heavy atom. The number of alkyl halides is 6. The number of fused-ring (bicyclic) bond motifs is 1. The molecule has 1 atom stereocenters. The van der Waals surface area contributed by atoms with E-state index in [0.29, 0.717) is 37.4 Å². The molecule has 11 nitrogen and oxygen atoms in total. The van der Waals surface area contributed by atoms with Crippen LogP contribution in [-0.2, 0) is 11.0 Å². The Morgan fingerprint density at radius 1 is 1.07 bits per heavy atom. The summed E-state index contributed by atoms with van der Waals surface area (Å²) >= 11 is 0. The third-order valence-corrected chi connectivity index (χ3v) is 6.83. The zero-order valence-corrected chi connectivity index (χ0v) is 23.0. The van der Waals surface area contributed by atoms with Gasteiger partial charge in [0.05, 0.1) is 41.5 Å². The fraction of sp³-hybridized carbons (Fsp3) is 0.333. The van der Waals surface area contributed by atoms with Crippen LogP contribution in [-0.4, -0.2) is 90.4 Å². The van der Waals surface area contributed by atoms with E-state index in [1.165, 1.54) is 11.2 Å². The molecule has 5 rings (SSSR count). The molecule has 4 heterocycles. The van der Waals surface area contributed by atoms with Gasteiger partial charge >= 0.3 is 18.3 Å². The first kappa shape index (κ1) is 32.9. The number of benzene rings is 1. The number of hydrogen-bond acceptors (Lipinski definition) is 7. The van der Waals surface area contributed by atoms with E-state index in [4.69, 9.17) is 9.90 Å². The van der Waals surface area contributed by atoms with Gasteiger partial charge in [-0.1, -0.05) is 0 Å². The Bertz CT molecular complexity index is 1700. The van der Waals surface area contributed by atoms with Crippen LogP contribution in [0.5, 0.6) is 0 Å². The van der Waals surface area contributed by atoms with Gasteiger partial charge in [0.2, 0.25) is 0 Å². The van der Waals surface area contributed by atoms with E-state index >= 15 is 0 Å². The Balaban J connectivity index is 0.000000591. The summed E-state index contributed by atoms with van der Waals surface area (Å²) in [6, 6.07) is 5.75. The fourth-order valence-electron chi connectivity index (χ4n) is 4.58. The number of aliphatic carboxylic acids is 1. The number of aromatic amines is 1. The second kappa shape index (κ2) is 13.3. The maximum Gasteiger partial charge on any atom is 0.490 e. The number of nitrogens with zero attached hydrogens (tertiary/aromatic N) is 7. The van der Waals surface area contributed by atoms with E-state index < -0.39 is 35.6 Å². The maximum atomic E-state index is 14.3. The van der Waals surface area contributed by atoms with Crippen LogP contribution < -0.4 is 0 Å². The van der Waals surface area contributed by atoms with E-state index in [1.54, 1.807) is 17.1 Å². The minimum Gasteiger partial charge on any atom is -0.475 e. The molecule has 1 fully saturated rings. The van der Waals surface area contributed by atoms with Crippen molar-refractivity contribution in [1.82, 2.24) is 34.5 Å². The minimum absolute atomic E-state index is 0.209. The Labute approximate surface area is 249 Å². The predicted octanol–water partition coefficient (Wildman–Crippen LogP) is 4.53. The fourth-order valence-corrected chi connectivity index (χ4v) is 4.58. The summed E-state index contributed by atoms with van der Waals surface area (Å²) in [5.41, 5.74) is 0.688. The van der Waals surface area contributed by atoms with Gasteiger partial charge in [0, 0.05) is 56.1 Å². The number of nitrogens with one attached hydrogen (secondary N) is 1. The largest absolute Gasteiger partial charge is 0.490 e. The quantitative estimate of drug-likeness (QED) is 0.293. The number of carboxylic acids is 1. The van der Waals surface area contributed by atoms with Crippen molar-refractivity contribution in [2.75, 3.05) is 32.7 Å². The minimum atomic E-state index is -5.08. The summed E-state index contributed by atoms with van der Waals surface area (Å²) in [6.45, 7) is 1.96. The highest BCUT2D eigenvalue weighted by Gasteiger charge is 2.38. The molecule has 238 valence electrons. The standard InChI is InChI=1S/C25H22F4N8O.C2HF3O2/c26-21-11-17(25(27,28)29)1-2-19(21)24(38)36-9-7-35(8-10-36)14-18(3-5-30)37-13-16(12-34-37)22-20-4-6-31-23(20)33-15-32-22;3-2(4,5)1(6)7/h1-2,4,6,11-13,15,18H,3,7-10,14H2,(H,31,32,33);(H,6,7). The molecule has 0 spiro atoms. The van der Waals surface area contributed by atoms with E-state index in [-0.39, 0.29) is 31.1 Å². The molecule has 2 N–H and O–H groups in total. The Kier molecular flexibility index (Phi) is 9.71. The monoisotopic (exact) mass is 640 g/mol. The number of hydrogen-bond donors (Lipinski definition) is 2. The summed E-state index contributed by atoms with van der Waals surface area (Å²) in [4.78, 5) is 36.8. The molecule has 0 bridgehead atoms. The van der Waals surface area contributed by atoms with Crippen molar-refractivity contribution < 1.29 is 45.4 Å². The number of nitriles is 1. The normalized spacial score (nSPS) is 14.8. The van der Waals surface area contributed by atoms with Crippen LogP contribution in [0.4, 0.5) is 30.7 Å². The number of aromatic nitrogens is 5. The number of rotatable bonds is 6. The third kappa shape index (κ3) is 7.92. The highest BCUT2D eigenvalue weighted by molar-refractivity contribution is 5.94. The lowest BCUT2D eigenvalue weighted by Crippen LogP contribution is -2.50. The van der Waals surface area contributed by atoms with E-state index in [0.717, 1.165) is 22.7 Å². The van der Waals surface area contributed by atoms with Crippen molar-refractivity contribution in [3.63, 3.8) is 0 Å². The summed E-state index contributed by atoms with van der Waals surface area (Å²) in [6.07, 6.45) is -2.79. The van der Waals surface area contributed by atoms with Crippen molar-refractivity contribution in [1.29, 1.82) is 5.26 Å². The molecule has 1 aromatic carbocycles. The molecule has 1 amide bonds. The molecule has 0 saturated carbocycles. The van der Waals surface area contributed by atoms with Gasteiger partial charge in [-0.05, 0) is 24.3 Å². The molecule has 1 saturated heterocycles. The molecule has 0 aliphatic carbocycles. The van der Waals surface area contributed by atoms with Gasteiger partial charge in [-0.15, -0.1) is 0 Å². The number of piperazine rings is 1. The molecule has 1 unspecified atom stereocenters. The number of H-pyrrole nitrogens is 1. The lowest BCUT2D eigenvalue weighted by atomic mass is 10.1. The van der Waals surface area contributed by atoms with Crippen LogP contribution >= 0.6 is 0 Å². The number of carbonyl (C=O) groups is 2. The van der Waals surface area contributed by atoms with Gasteiger partial charge in [-0.2, -0.15) is 36.7 Å². The summed E-state index contributed by atoms with van der Waals surface area (Å²) < 4.78 is 86.2. The van der Waals surface area contributed by atoms with Crippen LogP contribution in [0.25, 0.3) is 22.3 Å². The highest BCUT2D eigenvalue weighted by atomic mass is 19.4. The molecular weight excluding hydrogens is 617 g/mol. The molecule has 1 aliphatic rings. The first-order valence-electron chi connectivity index (χ1n) is 13.1. The van der Waals surface area contributed by atoms with Gasteiger partial charge in [0.1, 0.15) is 17.8 Å². The van der Waals surface area contributed by atoms with Crippen molar-refractivity contribution in [2.24, 2.45) is 0 Å². The molecule has 0 radical (unpaired) electrons. The molecule has 45 heavy (non-hydrogen) atoms. The molecule has 18 heteroatoms. The van der Waals surface area contributed by atoms with E-state index in [2.05, 4.69) is 31.0 Å². The van der Waals surface area contributed by atoms with Gasteiger partial charge in [0.15, 0.2) is 0 Å². The average molecular weight is 641 g/mol. The maximum absolute atomic E-state index is 14.3.